The van der Waals surface area contributed by atoms with Gasteiger partial charge in [0.1, 0.15) is 0 Å². The van der Waals surface area contributed by atoms with Crippen LogP contribution in [0.25, 0.3) is 0 Å². The smallest absolute Gasteiger partial charge is 0.345 e. The standard InChI is InChI=1S/C7H12Cl2N2O3/c1-4(12)11-7(9,6(13)14)3-2-5(8)10/h5H,2-3,10H2,1H3,(H,11,12)(H,13,14). The van der Waals surface area contributed by atoms with Crippen LogP contribution in [0.15, 0.2) is 0 Å². The molecule has 82 valence electrons. The number of carboxylic acids is 1. The van der Waals surface area contributed by atoms with E-state index in [-0.39, 0.29) is 12.8 Å². The summed E-state index contributed by atoms with van der Waals surface area (Å²) >= 11 is 11.1. The molecule has 4 N–H and O–H groups in total. The lowest BCUT2D eigenvalue weighted by atomic mass is 10.1. The number of aliphatic carboxylic acids is 1. The number of hydrogen-bond acceptors (Lipinski definition) is 3. The van der Waals surface area contributed by atoms with Gasteiger partial charge in [-0.05, 0) is 12.8 Å². The molecule has 0 radical (unpaired) electrons. The number of nitrogens with one attached hydrogen (secondary N) is 1. The average molecular weight is 243 g/mol. The molecule has 0 aliphatic carbocycles. The van der Waals surface area contributed by atoms with Crippen LogP contribution in [0.1, 0.15) is 19.8 Å². The number of carbonyl (C=O) groups excluding carboxylic acids is 1. The summed E-state index contributed by atoms with van der Waals surface area (Å²) in [5.74, 6) is -1.85. The number of carboxylic acid groups (broad SMARTS) is 1. The average Bonchev–Trinajstić information content (AvgIpc) is 1.99. The largest absolute Gasteiger partial charge is 0.479 e. The number of rotatable bonds is 5. The highest BCUT2D eigenvalue weighted by molar-refractivity contribution is 6.34. The van der Waals surface area contributed by atoms with E-state index in [1.807, 2.05) is 0 Å². The second-order valence-corrected chi connectivity index (χ2v) is 4.05. The van der Waals surface area contributed by atoms with Crippen LogP contribution in [0.4, 0.5) is 0 Å². The molecule has 0 saturated carbocycles. The van der Waals surface area contributed by atoms with Gasteiger partial charge in [0.05, 0.1) is 5.50 Å². The first-order valence-corrected chi connectivity index (χ1v) is 4.70. The SMILES string of the molecule is CC(=O)NC(Cl)(CCC(N)Cl)C(=O)O. The zero-order valence-electron chi connectivity index (χ0n) is 7.59. The Labute approximate surface area is 91.5 Å². The van der Waals surface area contributed by atoms with Crippen LogP contribution in [-0.4, -0.2) is 27.5 Å². The number of nitrogens with two attached hydrogens (primary N) is 1. The molecule has 2 unspecified atom stereocenters. The molecule has 0 saturated heterocycles. The Morgan fingerprint density at radius 3 is 2.43 bits per heavy atom. The zero-order chi connectivity index (χ0) is 11.4. The first kappa shape index (κ1) is 13.5. The lowest BCUT2D eigenvalue weighted by molar-refractivity contribution is -0.143. The van der Waals surface area contributed by atoms with Gasteiger partial charge >= 0.3 is 5.97 Å². The predicted octanol–water partition coefficient (Wildman–Crippen LogP) is 0.446. The van der Waals surface area contributed by atoms with Gasteiger partial charge in [-0.3, -0.25) is 4.79 Å². The number of hydrogen-bond donors (Lipinski definition) is 3. The molecule has 0 spiro atoms. The van der Waals surface area contributed by atoms with E-state index in [1.54, 1.807) is 0 Å². The summed E-state index contributed by atoms with van der Waals surface area (Å²) in [7, 11) is 0. The number of amides is 1. The third kappa shape index (κ3) is 4.64. The van der Waals surface area contributed by atoms with Crippen LogP contribution < -0.4 is 11.1 Å². The van der Waals surface area contributed by atoms with Gasteiger partial charge in [0, 0.05) is 6.92 Å². The fraction of sp³-hybridized carbons (Fsp3) is 0.714. The Balaban J connectivity index is 4.39. The summed E-state index contributed by atoms with van der Waals surface area (Å²) in [6.45, 7) is 1.18. The van der Waals surface area contributed by atoms with Crippen molar-refractivity contribution in [3.05, 3.63) is 0 Å². The van der Waals surface area contributed by atoms with E-state index in [0.717, 1.165) is 0 Å². The summed E-state index contributed by atoms with van der Waals surface area (Å²) < 4.78 is 0. The minimum absolute atomic E-state index is 0.0336. The minimum Gasteiger partial charge on any atom is -0.479 e. The van der Waals surface area contributed by atoms with Crippen LogP contribution in [0, 0.1) is 0 Å². The van der Waals surface area contributed by atoms with Gasteiger partial charge in [0.25, 0.3) is 0 Å². The maximum atomic E-state index is 10.7. The minimum atomic E-state index is -1.82. The van der Waals surface area contributed by atoms with Crippen molar-refractivity contribution in [2.45, 2.75) is 30.3 Å². The fourth-order valence-electron chi connectivity index (χ4n) is 0.839. The number of alkyl halides is 2. The molecule has 0 aliphatic heterocycles. The van der Waals surface area contributed by atoms with Crippen LogP contribution in [-0.2, 0) is 9.59 Å². The highest BCUT2D eigenvalue weighted by Crippen LogP contribution is 2.20. The quantitative estimate of drug-likeness (QED) is 0.482. The lowest BCUT2D eigenvalue weighted by Gasteiger charge is -2.23. The van der Waals surface area contributed by atoms with E-state index in [4.69, 9.17) is 34.0 Å². The third-order valence-corrected chi connectivity index (χ3v) is 2.14. The molecular formula is C7H12Cl2N2O3. The molecule has 0 aliphatic rings. The molecule has 5 nitrogen and oxygen atoms in total. The van der Waals surface area contributed by atoms with Crippen LogP contribution in [0.5, 0.6) is 0 Å². The molecular weight excluding hydrogens is 231 g/mol. The topological polar surface area (TPSA) is 92.4 Å². The normalized spacial score (nSPS) is 16.9. The second-order valence-electron chi connectivity index (χ2n) is 2.84. The van der Waals surface area contributed by atoms with Gasteiger partial charge in [-0.15, -0.1) is 11.6 Å². The van der Waals surface area contributed by atoms with Crippen molar-refractivity contribution in [3.63, 3.8) is 0 Å². The molecule has 0 fully saturated rings. The first-order chi connectivity index (χ1) is 6.28. The van der Waals surface area contributed by atoms with E-state index in [0.29, 0.717) is 0 Å². The van der Waals surface area contributed by atoms with E-state index in [2.05, 4.69) is 5.32 Å². The second kappa shape index (κ2) is 5.38. The first-order valence-electron chi connectivity index (χ1n) is 3.88. The Hall–Kier alpha value is -0.520. The van der Waals surface area contributed by atoms with Crippen LogP contribution >= 0.6 is 23.2 Å². The summed E-state index contributed by atoms with van der Waals surface area (Å²) in [4.78, 5) is 19.6. The monoisotopic (exact) mass is 242 g/mol. The summed E-state index contributed by atoms with van der Waals surface area (Å²) in [5, 5.41) is 10.9. The molecule has 14 heavy (non-hydrogen) atoms. The van der Waals surface area contributed by atoms with Crippen molar-refractivity contribution < 1.29 is 14.7 Å². The Kier molecular flexibility index (Phi) is 5.18. The molecule has 0 aromatic rings. The number of halogens is 2. The van der Waals surface area contributed by atoms with Gasteiger partial charge in [0.15, 0.2) is 0 Å². The molecule has 0 heterocycles. The van der Waals surface area contributed by atoms with E-state index in [1.165, 1.54) is 6.92 Å². The molecule has 0 bridgehead atoms. The van der Waals surface area contributed by atoms with Gasteiger partial charge in [0.2, 0.25) is 10.9 Å². The highest BCUT2D eigenvalue weighted by Gasteiger charge is 2.36. The predicted molar refractivity (Wildman–Crippen MR) is 53.1 cm³/mol. The Morgan fingerprint density at radius 2 is 2.14 bits per heavy atom. The molecule has 2 atom stereocenters. The molecule has 0 aromatic heterocycles. The van der Waals surface area contributed by atoms with Gasteiger partial charge in [-0.1, -0.05) is 11.6 Å². The van der Waals surface area contributed by atoms with Crippen LogP contribution in [0.3, 0.4) is 0 Å². The van der Waals surface area contributed by atoms with Crippen molar-refractivity contribution in [2.75, 3.05) is 0 Å². The van der Waals surface area contributed by atoms with Crippen molar-refractivity contribution >= 4 is 35.1 Å². The Bertz CT molecular complexity index is 235. The van der Waals surface area contributed by atoms with E-state index >= 15 is 0 Å². The van der Waals surface area contributed by atoms with E-state index in [9.17, 15) is 9.59 Å². The maximum Gasteiger partial charge on any atom is 0.345 e. The van der Waals surface area contributed by atoms with Gasteiger partial charge in [-0.25, -0.2) is 4.79 Å². The van der Waals surface area contributed by atoms with Crippen molar-refractivity contribution in [1.29, 1.82) is 0 Å². The van der Waals surface area contributed by atoms with Crippen molar-refractivity contribution in [3.8, 4) is 0 Å². The van der Waals surface area contributed by atoms with Crippen LogP contribution in [0.2, 0.25) is 0 Å². The Morgan fingerprint density at radius 1 is 1.64 bits per heavy atom. The number of carbonyl (C=O) groups is 2. The summed E-state index contributed by atoms with van der Waals surface area (Å²) in [6.07, 6.45) is 0.159. The maximum absolute atomic E-state index is 10.7. The lowest BCUT2D eigenvalue weighted by Crippen LogP contribution is -2.49. The van der Waals surface area contributed by atoms with Gasteiger partial charge in [-0.2, -0.15) is 0 Å². The molecule has 1 amide bonds. The van der Waals surface area contributed by atoms with Crippen molar-refractivity contribution in [2.24, 2.45) is 5.73 Å². The molecule has 0 rings (SSSR count). The van der Waals surface area contributed by atoms with E-state index < -0.39 is 22.4 Å². The molecule has 7 heteroatoms. The third-order valence-electron chi connectivity index (χ3n) is 1.48. The summed E-state index contributed by atoms with van der Waals surface area (Å²) in [6, 6.07) is 0. The van der Waals surface area contributed by atoms with Gasteiger partial charge < -0.3 is 16.2 Å². The molecule has 0 aromatic carbocycles. The van der Waals surface area contributed by atoms with Crippen molar-refractivity contribution in [1.82, 2.24) is 5.32 Å². The zero-order valence-corrected chi connectivity index (χ0v) is 9.10. The fourth-order valence-corrected chi connectivity index (χ4v) is 1.19. The summed E-state index contributed by atoms with van der Waals surface area (Å²) in [5.41, 5.74) is 4.55. The highest BCUT2D eigenvalue weighted by atomic mass is 35.5.